The van der Waals surface area contributed by atoms with Gasteiger partial charge in [0.15, 0.2) is 5.41 Å². The SMILES string of the molecule is CCOC(=O)C1=C(O)CC(c2ccccc2)C(C#N)(C#N)C1c1ccccc1. The van der Waals surface area contributed by atoms with Crippen LogP contribution < -0.4 is 0 Å². The highest BCUT2D eigenvalue weighted by Crippen LogP contribution is 2.56. The molecule has 0 fully saturated rings. The molecule has 140 valence electrons. The van der Waals surface area contributed by atoms with Gasteiger partial charge in [0, 0.05) is 12.3 Å². The van der Waals surface area contributed by atoms with Crippen LogP contribution in [0.4, 0.5) is 0 Å². The number of hydrogen-bond acceptors (Lipinski definition) is 5. The number of carbonyl (C=O) groups is 1. The highest BCUT2D eigenvalue weighted by molar-refractivity contribution is 5.92. The highest BCUT2D eigenvalue weighted by Gasteiger charge is 2.55. The lowest BCUT2D eigenvalue weighted by atomic mass is 9.57. The number of nitrogens with zero attached hydrogens (tertiary/aromatic N) is 2. The third kappa shape index (κ3) is 3.12. The lowest BCUT2D eigenvalue weighted by molar-refractivity contribution is -0.139. The Labute approximate surface area is 164 Å². The maximum absolute atomic E-state index is 12.7. The van der Waals surface area contributed by atoms with Crippen LogP contribution in [0.2, 0.25) is 0 Å². The molecule has 0 saturated heterocycles. The molecule has 2 atom stereocenters. The summed E-state index contributed by atoms with van der Waals surface area (Å²) in [5.41, 5.74) is -0.207. The molecule has 5 nitrogen and oxygen atoms in total. The maximum atomic E-state index is 12.7. The molecule has 0 saturated carbocycles. The highest BCUT2D eigenvalue weighted by atomic mass is 16.5. The van der Waals surface area contributed by atoms with Crippen molar-refractivity contribution in [3.8, 4) is 12.1 Å². The fourth-order valence-electron chi connectivity index (χ4n) is 3.96. The first-order valence-corrected chi connectivity index (χ1v) is 9.10. The summed E-state index contributed by atoms with van der Waals surface area (Å²) in [6, 6.07) is 22.5. The fourth-order valence-corrected chi connectivity index (χ4v) is 3.96. The van der Waals surface area contributed by atoms with E-state index in [4.69, 9.17) is 4.74 Å². The van der Waals surface area contributed by atoms with Crippen LogP contribution in [0.3, 0.4) is 0 Å². The van der Waals surface area contributed by atoms with Crippen LogP contribution in [-0.2, 0) is 9.53 Å². The number of rotatable bonds is 4. The normalized spacial score (nSPS) is 20.7. The third-order valence-electron chi connectivity index (χ3n) is 5.20. The van der Waals surface area contributed by atoms with Gasteiger partial charge in [-0.1, -0.05) is 60.7 Å². The number of benzene rings is 2. The molecule has 1 N–H and O–H groups in total. The van der Waals surface area contributed by atoms with E-state index in [1.54, 1.807) is 31.2 Å². The maximum Gasteiger partial charge on any atom is 0.338 e. The Hall–Kier alpha value is -3.57. The number of aliphatic hydroxyl groups is 1. The summed E-state index contributed by atoms with van der Waals surface area (Å²) in [6.45, 7) is 1.80. The zero-order valence-corrected chi connectivity index (χ0v) is 15.5. The van der Waals surface area contributed by atoms with E-state index in [-0.39, 0.29) is 24.4 Å². The van der Waals surface area contributed by atoms with Crippen LogP contribution in [0.1, 0.15) is 36.3 Å². The van der Waals surface area contributed by atoms with Crippen LogP contribution >= 0.6 is 0 Å². The van der Waals surface area contributed by atoms with Crippen LogP contribution in [-0.4, -0.2) is 17.7 Å². The number of nitriles is 2. The first kappa shape index (κ1) is 19.2. The minimum Gasteiger partial charge on any atom is -0.512 e. The molecular weight excluding hydrogens is 352 g/mol. The van der Waals surface area contributed by atoms with E-state index in [0.29, 0.717) is 5.56 Å². The molecule has 2 aromatic rings. The van der Waals surface area contributed by atoms with Crippen molar-refractivity contribution in [1.82, 2.24) is 0 Å². The average molecular weight is 372 g/mol. The first-order chi connectivity index (χ1) is 13.6. The number of carbonyl (C=O) groups excluding carboxylic acids is 1. The van der Waals surface area contributed by atoms with Gasteiger partial charge in [-0.25, -0.2) is 4.79 Å². The van der Waals surface area contributed by atoms with Gasteiger partial charge >= 0.3 is 5.97 Å². The van der Waals surface area contributed by atoms with Crippen LogP contribution in [0, 0.1) is 28.1 Å². The Morgan fingerprint density at radius 1 is 1.07 bits per heavy atom. The summed E-state index contributed by atoms with van der Waals surface area (Å²) in [5.74, 6) is -2.36. The minimum atomic E-state index is -1.57. The van der Waals surface area contributed by atoms with Crippen molar-refractivity contribution in [1.29, 1.82) is 10.5 Å². The average Bonchev–Trinajstić information content (AvgIpc) is 2.74. The summed E-state index contributed by atoms with van der Waals surface area (Å²) in [7, 11) is 0. The molecular formula is C23H20N2O3. The van der Waals surface area contributed by atoms with E-state index in [1.807, 2.05) is 36.4 Å². The van der Waals surface area contributed by atoms with Crippen molar-refractivity contribution in [3.05, 3.63) is 83.1 Å². The Morgan fingerprint density at radius 3 is 2.11 bits per heavy atom. The Balaban J connectivity index is 2.29. The Bertz CT molecular complexity index is 954. The summed E-state index contributed by atoms with van der Waals surface area (Å²) in [6.07, 6.45) is 0.0165. The zero-order chi connectivity index (χ0) is 20.1. The second kappa shape index (κ2) is 7.98. The summed E-state index contributed by atoms with van der Waals surface area (Å²) >= 11 is 0. The number of allylic oxidation sites excluding steroid dienone is 1. The zero-order valence-electron chi connectivity index (χ0n) is 15.5. The molecule has 2 unspecified atom stereocenters. The van der Waals surface area contributed by atoms with Crippen molar-refractivity contribution < 1.29 is 14.6 Å². The van der Waals surface area contributed by atoms with E-state index in [1.165, 1.54) is 0 Å². The second-order valence-electron chi connectivity index (χ2n) is 6.68. The van der Waals surface area contributed by atoms with Crippen molar-refractivity contribution in [2.24, 2.45) is 5.41 Å². The summed E-state index contributed by atoms with van der Waals surface area (Å²) < 4.78 is 5.15. The smallest absolute Gasteiger partial charge is 0.338 e. The molecule has 0 bridgehead atoms. The summed E-state index contributed by atoms with van der Waals surface area (Å²) in [4.78, 5) is 12.7. The molecule has 0 amide bonds. The molecule has 1 aliphatic rings. The molecule has 0 spiro atoms. The number of hydrogen-bond donors (Lipinski definition) is 1. The van der Waals surface area contributed by atoms with Gasteiger partial charge in [0.05, 0.1) is 30.2 Å². The van der Waals surface area contributed by atoms with Crippen molar-refractivity contribution in [2.45, 2.75) is 25.2 Å². The van der Waals surface area contributed by atoms with E-state index in [2.05, 4.69) is 12.1 Å². The molecule has 0 heterocycles. The molecule has 5 heteroatoms. The Kier molecular flexibility index (Phi) is 5.47. The summed E-state index contributed by atoms with van der Waals surface area (Å²) in [5, 5.41) is 31.2. The predicted octanol–water partition coefficient (Wildman–Crippen LogP) is 4.37. The molecule has 0 radical (unpaired) electrons. The van der Waals surface area contributed by atoms with Crippen LogP contribution in [0.15, 0.2) is 72.0 Å². The quantitative estimate of drug-likeness (QED) is 0.805. The molecule has 1 aliphatic carbocycles. The number of esters is 1. The van der Waals surface area contributed by atoms with Crippen molar-refractivity contribution >= 4 is 5.97 Å². The van der Waals surface area contributed by atoms with E-state index < -0.39 is 23.2 Å². The number of ether oxygens (including phenoxy) is 1. The van der Waals surface area contributed by atoms with Gasteiger partial charge in [0.25, 0.3) is 0 Å². The standard InChI is InChI=1S/C23H20N2O3/c1-2-28-22(27)20-19(26)13-18(16-9-5-3-6-10-16)23(14-24,15-25)21(20)17-11-7-4-8-12-17/h3-12,18,21,26H,2,13H2,1H3. The number of aliphatic hydroxyl groups excluding tert-OH is 1. The van der Waals surface area contributed by atoms with Gasteiger partial charge in [-0.05, 0) is 18.1 Å². The van der Waals surface area contributed by atoms with E-state index in [0.717, 1.165) is 5.56 Å². The minimum absolute atomic E-state index is 0.0108. The second-order valence-corrected chi connectivity index (χ2v) is 6.68. The molecule has 28 heavy (non-hydrogen) atoms. The molecule has 2 aromatic carbocycles. The molecule has 0 aliphatic heterocycles. The van der Waals surface area contributed by atoms with E-state index >= 15 is 0 Å². The monoisotopic (exact) mass is 372 g/mol. The van der Waals surface area contributed by atoms with Crippen molar-refractivity contribution in [3.63, 3.8) is 0 Å². The molecule has 0 aromatic heterocycles. The van der Waals surface area contributed by atoms with Gasteiger partial charge in [-0.3, -0.25) is 0 Å². The van der Waals surface area contributed by atoms with Gasteiger partial charge in [0.1, 0.15) is 5.76 Å². The van der Waals surface area contributed by atoms with Gasteiger partial charge < -0.3 is 9.84 Å². The van der Waals surface area contributed by atoms with Gasteiger partial charge in [-0.2, -0.15) is 10.5 Å². The lowest BCUT2D eigenvalue weighted by Gasteiger charge is -2.41. The lowest BCUT2D eigenvalue weighted by Crippen LogP contribution is -2.40. The Morgan fingerprint density at radius 2 is 1.61 bits per heavy atom. The van der Waals surface area contributed by atoms with Gasteiger partial charge in [0.2, 0.25) is 0 Å². The van der Waals surface area contributed by atoms with Crippen LogP contribution in [0.25, 0.3) is 0 Å². The van der Waals surface area contributed by atoms with Gasteiger partial charge in [-0.15, -0.1) is 0 Å². The molecule has 3 rings (SSSR count). The third-order valence-corrected chi connectivity index (χ3v) is 5.20. The topological polar surface area (TPSA) is 94.1 Å². The predicted molar refractivity (Wildman–Crippen MR) is 103 cm³/mol. The van der Waals surface area contributed by atoms with E-state index in [9.17, 15) is 20.4 Å². The van der Waals surface area contributed by atoms with Crippen LogP contribution in [0.5, 0.6) is 0 Å². The first-order valence-electron chi connectivity index (χ1n) is 9.10. The van der Waals surface area contributed by atoms with Crippen molar-refractivity contribution in [2.75, 3.05) is 6.61 Å². The fraction of sp³-hybridized carbons (Fsp3) is 0.261. The largest absolute Gasteiger partial charge is 0.512 e.